The molecule has 20 heavy (non-hydrogen) atoms. The zero-order valence-corrected chi connectivity index (χ0v) is 12.1. The van der Waals surface area contributed by atoms with Crippen LogP contribution in [0, 0.1) is 0 Å². The van der Waals surface area contributed by atoms with Gasteiger partial charge < -0.3 is 4.74 Å². The van der Waals surface area contributed by atoms with Gasteiger partial charge in [-0.2, -0.15) is 5.10 Å². The van der Waals surface area contributed by atoms with Gasteiger partial charge >= 0.3 is 0 Å². The van der Waals surface area contributed by atoms with Gasteiger partial charge in [-0.1, -0.05) is 29.3 Å². The predicted molar refractivity (Wildman–Crippen MR) is 81.8 cm³/mol. The van der Waals surface area contributed by atoms with E-state index in [2.05, 4.69) is 15.2 Å². The zero-order valence-electron chi connectivity index (χ0n) is 10.6. The summed E-state index contributed by atoms with van der Waals surface area (Å²) in [5, 5.41) is 9.07. The van der Waals surface area contributed by atoms with Crippen LogP contribution in [0.2, 0.25) is 10.0 Å². The molecule has 0 fully saturated rings. The van der Waals surface area contributed by atoms with Gasteiger partial charge in [0.1, 0.15) is 0 Å². The Morgan fingerprint density at radius 2 is 1.95 bits per heavy atom. The highest BCUT2D eigenvalue weighted by molar-refractivity contribution is 6.36. The topological polar surface area (TPSA) is 46.8 Å². The molecule has 0 saturated heterocycles. The minimum Gasteiger partial charge on any atom is -0.479 e. The highest BCUT2D eigenvalue weighted by Crippen LogP contribution is 2.19. The summed E-state index contributed by atoms with van der Waals surface area (Å²) in [6.45, 7) is 0. The lowest BCUT2D eigenvalue weighted by molar-refractivity contribution is 0.403. The number of halogens is 2. The summed E-state index contributed by atoms with van der Waals surface area (Å²) >= 11 is 11.9. The Bertz CT molecular complexity index is 642. The molecule has 0 aliphatic rings. The molecule has 0 spiro atoms. The second kappa shape index (κ2) is 7.03. The van der Waals surface area contributed by atoms with Crippen molar-refractivity contribution >= 4 is 35.3 Å². The van der Waals surface area contributed by atoms with Crippen LogP contribution in [0.5, 0.6) is 0 Å². The summed E-state index contributed by atoms with van der Waals surface area (Å²) in [6.07, 6.45) is 4.85. The van der Waals surface area contributed by atoms with Gasteiger partial charge in [0.05, 0.1) is 18.3 Å². The Morgan fingerprint density at radius 3 is 2.60 bits per heavy atom. The van der Waals surface area contributed by atoms with Crippen LogP contribution in [0.3, 0.4) is 0 Å². The van der Waals surface area contributed by atoms with E-state index in [0.717, 1.165) is 11.1 Å². The SMILES string of the molecule is CO/C(=N/N=C/c1ccc(Cl)cc1Cl)c1ccncc1. The molecule has 0 unspecified atom stereocenters. The summed E-state index contributed by atoms with van der Waals surface area (Å²) in [4.78, 5) is 3.93. The van der Waals surface area contributed by atoms with E-state index in [1.165, 1.54) is 7.11 Å². The van der Waals surface area contributed by atoms with E-state index in [9.17, 15) is 0 Å². The van der Waals surface area contributed by atoms with Crippen molar-refractivity contribution in [2.24, 2.45) is 10.2 Å². The molecule has 1 aromatic heterocycles. The first-order chi connectivity index (χ1) is 9.70. The van der Waals surface area contributed by atoms with Crippen LogP contribution in [-0.2, 0) is 4.74 Å². The first-order valence-electron chi connectivity index (χ1n) is 5.71. The summed E-state index contributed by atoms with van der Waals surface area (Å²) in [5.41, 5.74) is 1.52. The molecule has 0 N–H and O–H groups in total. The predicted octanol–water partition coefficient (Wildman–Crippen LogP) is 3.82. The number of ether oxygens (including phenoxy) is 1. The van der Waals surface area contributed by atoms with Gasteiger partial charge in [-0.3, -0.25) is 4.98 Å². The molecule has 0 saturated carbocycles. The molecular weight excluding hydrogens is 297 g/mol. The number of aromatic nitrogens is 1. The fourth-order valence-electron chi connectivity index (χ4n) is 1.46. The third-order valence-corrected chi connectivity index (χ3v) is 2.99. The first kappa shape index (κ1) is 14.5. The molecule has 102 valence electrons. The second-order valence-electron chi connectivity index (χ2n) is 3.76. The lowest BCUT2D eigenvalue weighted by Crippen LogP contribution is -2.02. The monoisotopic (exact) mass is 307 g/mol. The van der Waals surface area contributed by atoms with Crippen LogP contribution in [0.15, 0.2) is 52.9 Å². The largest absolute Gasteiger partial charge is 0.479 e. The zero-order chi connectivity index (χ0) is 14.4. The smallest absolute Gasteiger partial charge is 0.240 e. The van der Waals surface area contributed by atoms with Crippen molar-refractivity contribution in [3.05, 3.63) is 63.9 Å². The Labute approximate surface area is 126 Å². The fraction of sp³-hybridized carbons (Fsp3) is 0.0714. The maximum Gasteiger partial charge on any atom is 0.240 e. The lowest BCUT2D eigenvalue weighted by atomic mass is 10.2. The van der Waals surface area contributed by atoms with Crippen LogP contribution < -0.4 is 0 Å². The molecule has 0 aliphatic heterocycles. The van der Waals surface area contributed by atoms with Crippen LogP contribution in [0.25, 0.3) is 0 Å². The van der Waals surface area contributed by atoms with Gasteiger partial charge in [0.25, 0.3) is 0 Å². The molecule has 1 aromatic carbocycles. The third kappa shape index (κ3) is 3.79. The molecule has 6 heteroatoms. The molecule has 2 aromatic rings. The average molecular weight is 308 g/mol. The van der Waals surface area contributed by atoms with Crippen molar-refractivity contribution in [3.63, 3.8) is 0 Å². The number of hydrogen-bond donors (Lipinski definition) is 0. The lowest BCUT2D eigenvalue weighted by Gasteiger charge is -2.01. The third-order valence-electron chi connectivity index (χ3n) is 2.43. The molecule has 0 bridgehead atoms. The van der Waals surface area contributed by atoms with Gasteiger partial charge in [-0.05, 0) is 24.3 Å². The summed E-state index contributed by atoms with van der Waals surface area (Å²) in [6, 6.07) is 8.72. The second-order valence-corrected chi connectivity index (χ2v) is 4.60. The Kier molecular flexibility index (Phi) is 5.09. The molecule has 1 heterocycles. The van der Waals surface area contributed by atoms with E-state index < -0.39 is 0 Å². The van der Waals surface area contributed by atoms with Crippen molar-refractivity contribution in [3.8, 4) is 0 Å². The van der Waals surface area contributed by atoms with Crippen LogP contribution >= 0.6 is 23.2 Å². The van der Waals surface area contributed by atoms with E-state index in [4.69, 9.17) is 27.9 Å². The van der Waals surface area contributed by atoms with E-state index in [1.54, 1.807) is 48.9 Å². The molecule has 0 amide bonds. The van der Waals surface area contributed by atoms with Crippen LogP contribution in [-0.4, -0.2) is 24.2 Å². The minimum atomic E-state index is 0.397. The van der Waals surface area contributed by atoms with Crippen LogP contribution in [0.1, 0.15) is 11.1 Å². The Morgan fingerprint density at radius 1 is 1.20 bits per heavy atom. The van der Waals surface area contributed by atoms with E-state index in [1.807, 2.05) is 0 Å². The van der Waals surface area contributed by atoms with E-state index in [-0.39, 0.29) is 0 Å². The van der Waals surface area contributed by atoms with Crippen molar-refractivity contribution < 1.29 is 4.74 Å². The van der Waals surface area contributed by atoms with E-state index >= 15 is 0 Å². The summed E-state index contributed by atoms with van der Waals surface area (Å²) in [7, 11) is 1.53. The van der Waals surface area contributed by atoms with Crippen molar-refractivity contribution in [2.75, 3.05) is 7.11 Å². The number of benzene rings is 1. The van der Waals surface area contributed by atoms with Crippen molar-refractivity contribution in [1.82, 2.24) is 4.98 Å². The van der Waals surface area contributed by atoms with E-state index in [0.29, 0.717) is 15.9 Å². The van der Waals surface area contributed by atoms with Gasteiger partial charge in [0, 0.05) is 28.5 Å². The summed E-state index contributed by atoms with van der Waals surface area (Å²) < 4.78 is 5.18. The number of pyridine rings is 1. The number of rotatable bonds is 3. The first-order valence-corrected chi connectivity index (χ1v) is 6.47. The van der Waals surface area contributed by atoms with Crippen LogP contribution in [0.4, 0.5) is 0 Å². The normalized spacial score (nSPS) is 11.8. The molecule has 4 nitrogen and oxygen atoms in total. The number of nitrogens with zero attached hydrogens (tertiary/aromatic N) is 3. The average Bonchev–Trinajstić information content (AvgIpc) is 2.46. The summed E-state index contributed by atoms with van der Waals surface area (Å²) in [5.74, 6) is 0.397. The standard InChI is InChI=1S/C14H11Cl2N3O/c1-20-14(10-4-6-17-7-5-10)19-18-9-11-2-3-12(15)8-13(11)16/h2-9H,1H3/b18-9+,19-14+. The Hall–Kier alpha value is -1.91. The minimum absolute atomic E-state index is 0.397. The number of hydrogen-bond acceptors (Lipinski definition) is 4. The maximum atomic E-state index is 6.03. The quantitative estimate of drug-likeness (QED) is 0.492. The molecule has 0 atom stereocenters. The molecule has 0 aliphatic carbocycles. The number of methoxy groups -OCH3 is 1. The Balaban J connectivity index is 2.20. The fourth-order valence-corrected chi connectivity index (χ4v) is 1.92. The maximum absolute atomic E-state index is 6.03. The van der Waals surface area contributed by atoms with Gasteiger partial charge in [-0.15, -0.1) is 5.10 Å². The van der Waals surface area contributed by atoms with Gasteiger partial charge in [0.2, 0.25) is 5.90 Å². The highest BCUT2D eigenvalue weighted by atomic mass is 35.5. The van der Waals surface area contributed by atoms with Crippen molar-refractivity contribution in [1.29, 1.82) is 0 Å². The highest BCUT2D eigenvalue weighted by Gasteiger charge is 2.02. The van der Waals surface area contributed by atoms with Gasteiger partial charge in [0.15, 0.2) is 0 Å². The molecular formula is C14H11Cl2N3O. The molecule has 0 radical (unpaired) electrons. The van der Waals surface area contributed by atoms with Crippen molar-refractivity contribution in [2.45, 2.75) is 0 Å². The molecule has 2 rings (SSSR count). The van der Waals surface area contributed by atoms with Gasteiger partial charge in [-0.25, -0.2) is 0 Å².